The van der Waals surface area contributed by atoms with Crippen LogP contribution in [0.2, 0.25) is 0 Å². The van der Waals surface area contributed by atoms with E-state index in [0.717, 1.165) is 25.6 Å². The summed E-state index contributed by atoms with van der Waals surface area (Å²) in [6.45, 7) is 13.8. The maximum atomic E-state index is 5.23. The molecule has 0 atom stereocenters. The van der Waals surface area contributed by atoms with Gasteiger partial charge in [-0.1, -0.05) is 20.8 Å². The number of rotatable bonds is 7. The second kappa shape index (κ2) is 8.13. The van der Waals surface area contributed by atoms with Crippen molar-refractivity contribution in [2.45, 2.75) is 40.0 Å². The minimum absolute atomic E-state index is 0.450. The molecule has 3 heteroatoms. The van der Waals surface area contributed by atoms with Gasteiger partial charge in [0, 0.05) is 26.8 Å². The molecule has 0 spiro atoms. The molecule has 0 bridgehead atoms. The van der Waals surface area contributed by atoms with Crippen molar-refractivity contribution in [3.63, 3.8) is 0 Å². The normalized spacial score (nSPS) is 19.3. The van der Waals surface area contributed by atoms with Gasteiger partial charge in [-0.25, -0.2) is 0 Å². The zero-order valence-corrected chi connectivity index (χ0v) is 12.8. The maximum absolute atomic E-state index is 5.23. The molecule has 1 fully saturated rings. The fourth-order valence-corrected chi connectivity index (χ4v) is 2.44. The van der Waals surface area contributed by atoms with Crippen LogP contribution in [0.25, 0.3) is 0 Å². The lowest BCUT2D eigenvalue weighted by atomic mass is 9.92. The van der Waals surface area contributed by atoms with Crippen LogP contribution in [0.1, 0.15) is 40.0 Å². The first-order valence-electron chi connectivity index (χ1n) is 7.43. The molecule has 0 saturated carbocycles. The van der Waals surface area contributed by atoms with Crippen LogP contribution in [0.5, 0.6) is 0 Å². The van der Waals surface area contributed by atoms with Crippen molar-refractivity contribution in [1.29, 1.82) is 0 Å². The summed E-state index contributed by atoms with van der Waals surface area (Å²) in [5.41, 5.74) is 0.450. The smallest absolute Gasteiger partial charge is 0.0491 e. The molecule has 0 aliphatic carbocycles. The van der Waals surface area contributed by atoms with Gasteiger partial charge in [-0.3, -0.25) is 0 Å². The van der Waals surface area contributed by atoms with Gasteiger partial charge in [0.2, 0.25) is 0 Å². The second-order valence-corrected chi connectivity index (χ2v) is 6.80. The second-order valence-electron chi connectivity index (χ2n) is 6.80. The van der Waals surface area contributed by atoms with Crippen molar-refractivity contribution in [2.24, 2.45) is 11.3 Å². The Bertz CT molecular complexity index is 205. The third-order valence-electron chi connectivity index (χ3n) is 3.77. The van der Waals surface area contributed by atoms with Crippen molar-refractivity contribution >= 4 is 0 Å². The van der Waals surface area contributed by atoms with Crippen LogP contribution >= 0.6 is 0 Å². The van der Waals surface area contributed by atoms with Gasteiger partial charge in [-0.2, -0.15) is 0 Å². The summed E-state index contributed by atoms with van der Waals surface area (Å²) >= 11 is 0. The number of nitrogens with one attached hydrogen (secondary N) is 1. The molecule has 1 aliphatic rings. The Kier molecular flexibility index (Phi) is 7.20. The van der Waals surface area contributed by atoms with Gasteiger partial charge < -0.3 is 15.0 Å². The largest absolute Gasteiger partial charge is 0.384 e. The lowest BCUT2D eigenvalue weighted by Crippen LogP contribution is -2.39. The molecule has 0 aromatic rings. The number of ether oxygens (including phenoxy) is 1. The van der Waals surface area contributed by atoms with Crippen LogP contribution < -0.4 is 5.32 Å². The minimum atomic E-state index is 0.450. The van der Waals surface area contributed by atoms with E-state index in [4.69, 9.17) is 4.74 Å². The van der Waals surface area contributed by atoms with E-state index in [0.29, 0.717) is 5.41 Å². The molecule has 18 heavy (non-hydrogen) atoms. The quantitative estimate of drug-likeness (QED) is 0.708. The molecule has 1 heterocycles. The molecule has 0 radical (unpaired) electrons. The van der Waals surface area contributed by atoms with Gasteiger partial charge in [0.1, 0.15) is 0 Å². The van der Waals surface area contributed by atoms with Crippen LogP contribution in [-0.2, 0) is 4.74 Å². The summed E-state index contributed by atoms with van der Waals surface area (Å²) in [6.07, 6.45) is 3.86. The number of likely N-dealkylation sites (tertiary alicyclic amines) is 1. The summed E-state index contributed by atoms with van der Waals surface area (Å²) in [5, 5.41) is 3.56. The first kappa shape index (κ1) is 15.9. The van der Waals surface area contributed by atoms with Gasteiger partial charge in [0.05, 0.1) is 0 Å². The highest BCUT2D eigenvalue weighted by molar-refractivity contribution is 4.72. The van der Waals surface area contributed by atoms with Crippen LogP contribution in [-0.4, -0.2) is 51.3 Å². The summed E-state index contributed by atoms with van der Waals surface area (Å²) in [5.74, 6) is 0.792. The lowest BCUT2D eigenvalue weighted by Gasteiger charge is -2.31. The lowest BCUT2D eigenvalue weighted by molar-refractivity contribution is 0.0998. The number of hydrogen-bond donors (Lipinski definition) is 1. The Labute approximate surface area is 113 Å². The Morgan fingerprint density at radius 3 is 2.39 bits per heavy atom. The SMILES string of the molecule is COCC1CCN(CCNCCC(C)(C)C)CC1. The van der Waals surface area contributed by atoms with Gasteiger partial charge >= 0.3 is 0 Å². The van der Waals surface area contributed by atoms with Crippen LogP contribution in [0, 0.1) is 11.3 Å². The number of hydrogen-bond acceptors (Lipinski definition) is 3. The zero-order chi connectivity index (χ0) is 13.4. The van der Waals surface area contributed by atoms with Crippen LogP contribution in [0.4, 0.5) is 0 Å². The molecule has 0 unspecified atom stereocenters. The van der Waals surface area contributed by atoms with Crippen molar-refractivity contribution in [2.75, 3.05) is 46.4 Å². The van der Waals surface area contributed by atoms with E-state index in [1.807, 2.05) is 7.11 Å². The monoisotopic (exact) mass is 256 g/mol. The van der Waals surface area contributed by atoms with Crippen molar-refractivity contribution in [1.82, 2.24) is 10.2 Å². The molecule has 1 N–H and O–H groups in total. The zero-order valence-electron chi connectivity index (χ0n) is 12.8. The number of piperidine rings is 1. The summed E-state index contributed by atoms with van der Waals surface area (Å²) in [6, 6.07) is 0. The molecule has 0 amide bonds. The molecule has 108 valence electrons. The van der Waals surface area contributed by atoms with E-state index >= 15 is 0 Å². The molecule has 1 aliphatic heterocycles. The van der Waals surface area contributed by atoms with E-state index in [1.165, 1.54) is 38.9 Å². The van der Waals surface area contributed by atoms with E-state index in [1.54, 1.807) is 0 Å². The van der Waals surface area contributed by atoms with Gasteiger partial charge in [-0.15, -0.1) is 0 Å². The summed E-state index contributed by atoms with van der Waals surface area (Å²) in [4.78, 5) is 2.58. The first-order chi connectivity index (χ1) is 8.51. The van der Waals surface area contributed by atoms with E-state index in [9.17, 15) is 0 Å². The average molecular weight is 256 g/mol. The highest BCUT2D eigenvalue weighted by Crippen LogP contribution is 2.17. The fourth-order valence-electron chi connectivity index (χ4n) is 2.44. The van der Waals surface area contributed by atoms with E-state index in [2.05, 4.69) is 31.0 Å². The average Bonchev–Trinajstić information content (AvgIpc) is 2.30. The maximum Gasteiger partial charge on any atom is 0.0491 e. The summed E-state index contributed by atoms with van der Waals surface area (Å²) < 4.78 is 5.23. The first-order valence-corrected chi connectivity index (χ1v) is 7.43. The van der Waals surface area contributed by atoms with Crippen molar-refractivity contribution in [3.05, 3.63) is 0 Å². The molecular weight excluding hydrogens is 224 g/mol. The predicted molar refractivity (Wildman–Crippen MR) is 78.0 cm³/mol. The van der Waals surface area contributed by atoms with E-state index < -0.39 is 0 Å². The Balaban J connectivity index is 1.98. The van der Waals surface area contributed by atoms with Gasteiger partial charge in [-0.05, 0) is 50.2 Å². The summed E-state index contributed by atoms with van der Waals surface area (Å²) in [7, 11) is 1.81. The molecule has 1 saturated heterocycles. The number of nitrogens with zero attached hydrogens (tertiary/aromatic N) is 1. The Hall–Kier alpha value is -0.120. The molecule has 3 nitrogen and oxygen atoms in total. The van der Waals surface area contributed by atoms with Crippen LogP contribution in [0.15, 0.2) is 0 Å². The molecular formula is C15H32N2O. The highest BCUT2D eigenvalue weighted by Gasteiger charge is 2.18. The van der Waals surface area contributed by atoms with Crippen molar-refractivity contribution < 1.29 is 4.74 Å². The number of methoxy groups -OCH3 is 1. The standard InChI is InChI=1S/C15H32N2O/c1-15(2,3)7-8-16-9-12-17-10-5-14(6-11-17)13-18-4/h14,16H,5-13H2,1-4H3. The Morgan fingerprint density at radius 2 is 1.83 bits per heavy atom. The molecule has 1 rings (SSSR count). The highest BCUT2D eigenvalue weighted by atomic mass is 16.5. The predicted octanol–water partition coefficient (Wildman–Crippen LogP) is 2.37. The minimum Gasteiger partial charge on any atom is -0.384 e. The molecule has 0 aromatic heterocycles. The third-order valence-corrected chi connectivity index (χ3v) is 3.77. The Morgan fingerprint density at radius 1 is 1.17 bits per heavy atom. The van der Waals surface area contributed by atoms with Gasteiger partial charge in [0.25, 0.3) is 0 Å². The third kappa shape index (κ3) is 7.34. The fraction of sp³-hybridized carbons (Fsp3) is 1.00. The van der Waals surface area contributed by atoms with Gasteiger partial charge in [0.15, 0.2) is 0 Å². The van der Waals surface area contributed by atoms with Crippen LogP contribution in [0.3, 0.4) is 0 Å². The van der Waals surface area contributed by atoms with Crippen molar-refractivity contribution in [3.8, 4) is 0 Å². The van der Waals surface area contributed by atoms with E-state index in [-0.39, 0.29) is 0 Å². The topological polar surface area (TPSA) is 24.5 Å². The molecule has 0 aromatic carbocycles.